The van der Waals surface area contributed by atoms with Gasteiger partial charge in [0.15, 0.2) is 6.61 Å². The second-order valence-electron chi connectivity index (χ2n) is 4.42. The lowest BCUT2D eigenvalue weighted by molar-refractivity contribution is -0.118. The maximum Gasteiger partial charge on any atom is 0.262 e. The Morgan fingerprint density at radius 1 is 1.29 bits per heavy atom. The number of nitrogens with one attached hydrogen (secondary N) is 1. The van der Waals surface area contributed by atoms with Crippen LogP contribution in [0.1, 0.15) is 12.5 Å². The summed E-state index contributed by atoms with van der Waals surface area (Å²) in [5, 5.41) is 2.73. The van der Waals surface area contributed by atoms with Crippen molar-refractivity contribution in [1.29, 1.82) is 0 Å². The van der Waals surface area contributed by atoms with Crippen molar-refractivity contribution in [3.63, 3.8) is 0 Å². The topological polar surface area (TPSA) is 38.3 Å². The van der Waals surface area contributed by atoms with E-state index in [1.165, 1.54) is 12.1 Å². The van der Waals surface area contributed by atoms with Crippen LogP contribution in [-0.4, -0.2) is 12.5 Å². The van der Waals surface area contributed by atoms with E-state index in [0.717, 1.165) is 18.1 Å². The number of carbonyl (C=O) groups excluding carboxylic acids is 1. The summed E-state index contributed by atoms with van der Waals surface area (Å²) in [4.78, 5) is 11.8. The number of halogens is 2. The van der Waals surface area contributed by atoms with Crippen LogP contribution in [0.25, 0.3) is 0 Å². The van der Waals surface area contributed by atoms with E-state index in [0.29, 0.717) is 11.4 Å². The minimum atomic E-state index is -0.453. The largest absolute Gasteiger partial charge is 0.483 e. The third-order valence-electron chi connectivity index (χ3n) is 2.92. The zero-order valence-corrected chi connectivity index (χ0v) is 12.3. The first-order valence-electron chi connectivity index (χ1n) is 6.55. The molecule has 1 amide bonds. The monoisotopic (exact) mass is 307 g/mol. The van der Waals surface area contributed by atoms with Gasteiger partial charge in [-0.15, -0.1) is 0 Å². The van der Waals surface area contributed by atoms with Crippen molar-refractivity contribution in [3.8, 4) is 5.75 Å². The smallest absolute Gasteiger partial charge is 0.262 e. The first-order valence-corrected chi connectivity index (χ1v) is 6.93. The molecular weight excluding hydrogens is 293 g/mol. The van der Waals surface area contributed by atoms with Crippen LogP contribution in [0.3, 0.4) is 0 Å². The van der Waals surface area contributed by atoms with E-state index in [4.69, 9.17) is 16.3 Å². The molecule has 0 saturated carbocycles. The Labute approximate surface area is 127 Å². The first kappa shape index (κ1) is 15.3. The van der Waals surface area contributed by atoms with Gasteiger partial charge in [0.05, 0.1) is 10.7 Å². The van der Waals surface area contributed by atoms with Crippen LogP contribution in [0, 0.1) is 5.82 Å². The summed E-state index contributed by atoms with van der Waals surface area (Å²) in [5.74, 6) is -0.124. The van der Waals surface area contributed by atoms with Crippen molar-refractivity contribution in [2.45, 2.75) is 13.3 Å². The molecule has 0 saturated heterocycles. The van der Waals surface area contributed by atoms with Gasteiger partial charge in [-0.05, 0) is 36.2 Å². The third-order valence-corrected chi connectivity index (χ3v) is 3.23. The van der Waals surface area contributed by atoms with Crippen molar-refractivity contribution in [2.75, 3.05) is 11.9 Å². The summed E-state index contributed by atoms with van der Waals surface area (Å²) < 4.78 is 18.4. The van der Waals surface area contributed by atoms with Crippen LogP contribution < -0.4 is 10.1 Å². The number of rotatable bonds is 5. The Bertz CT molecular complexity index is 646. The maximum absolute atomic E-state index is 12.9. The first-order chi connectivity index (χ1) is 10.1. The molecule has 5 heteroatoms. The molecule has 2 rings (SSSR count). The number of amides is 1. The van der Waals surface area contributed by atoms with E-state index >= 15 is 0 Å². The molecule has 21 heavy (non-hydrogen) atoms. The lowest BCUT2D eigenvalue weighted by Gasteiger charge is -2.11. The molecule has 110 valence electrons. The minimum Gasteiger partial charge on any atom is -0.483 e. The number of anilines is 1. The fourth-order valence-corrected chi connectivity index (χ4v) is 2.07. The Morgan fingerprint density at radius 3 is 2.76 bits per heavy atom. The summed E-state index contributed by atoms with van der Waals surface area (Å²) >= 11 is 5.84. The molecule has 0 unspecified atom stereocenters. The molecule has 0 aliphatic carbocycles. The van der Waals surface area contributed by atoms with Gasteiger partial charge in [0.2, 0.25) is 0 Å². The summed E-state index contributed by atoms with van der Waals surface area (Å²) in [6.07, 6.45) is 0.821. The molecule has 2 aromatic carbocycles. The van der Waals surface area contributed by atoms with Gasteiger partial charge >= 0.3 is 0 Å². The summed E-state index contributed by atoms with van der Waals surface area (Å²) in [6.45, 7) is 1.88. The van der Waals surface area contributed by atoms with Crippen LogP contribution in [0.5, 0.6) is 5.75 Å². The summed E-state index contributed by atoms with van der Waals surface area (Å²) in [5.41, 5.74) is 1.39. The van der Waals surface area contributed by atoms with Crippen LogP contribution in [-0.2, 0) is 11.2 Å². The van der Waals surface area contributed by atoms with Gasteiger partial charge in [-0.1, -0.05) is 36.7 Å². The van der Waals surface area contributed by atoms with Gasteiger partial charge in [-0.2, -0.15) is 0 Å². The molecule has 2 aromatic rings. The van der Waals surface area contributed by atoms with Crippen molar-refractivity contribution in [1.82, 2.24) is 0 Å². The standard InChI is InChI=1S/C16H15ClFNO2/c1-2-11-5-3-4-6-15(11)21-10-16(20)19-14-8-7-12(18)9-13(14)17/h3-9H,2,10H2,1H3,(H,19,20). The molecule has 0 bridgehead atoms. The molecule has 0 aliphatic heterocycles. The number of ether oxygens (including phenoxy) is 1. The van der Waals surface area contributed by atoms with E-state index in [-0.39, 0.29) is 17.5 Å². The molecule has 0 spiro atoms. The van der Waals surface area contributed by atoms with Gasteiger partial charge in [0.25, 0.3) is 5.91 Å². The second kappa shape index (κ2) is 7.09. The van der Waals surface area contributed by atoms with Gasteiger partial charge in [0.1, 0.15) is 11.6 Å². The number of aryl methyl sites for hydroxylation is 1. The molecule has 0 fully saturated rings. The van der Waals surface area contributed by atoms with E-state index < -0.39 is 5.82 Å². The highest BCUT2D eigenvalue weighted by atomic mass is 35.5. The fourth-order valence-electron chi connectivity index (χ4n) is 1.86. The van der Waals surface area contributed by atoms with Crippen LogP contribution in [0.4, 0.5) is 10.1 Å². The molecule has 0 radical (unpaired) electrons. The van der Waals surface area contributed by atoms with Crippen LogP contribution in [0.2, 0.25) is 5.02 Å². The third kappa shape index (κ3) is 4.20. The van der Waals surface area contributed by atoms with Crippen molar-refractivity contribution >= 4 is 23.2 Å². The summed E-state index contributed by atoms with van der Waals surface area (Å²) in [7, 11) is 0. The SMILES string of the molecule is CCc1ccccc1OCC(=O)Nc1ccc(F)cc1Cl. The van der Waals surface area contributed by atoms with Crippen molar-refractivity contribution in [2.24, 2.45) is 0 Å². The minimum absolute atomic E-state index is 0.134. The average molecular weight is 308 g/mol. The van der Waals surface area contributed by atoms with E-state index in [1.54, 1.807) is 0 Å². The fraction of sp³-hybridized carbons (Fsp3) is 0.188. The number of hydrogen-bond donors (Lipinski definition) is 1. The Hall–Kier alpha value is -2.07. The predicted octanol–water partition coefficient (Wildman–Crippen LogP) is 4.06. The number of benzene rings is 2. The zero-order valence-electron chi connectivity index (χ0n) is 11.5. The zero-order chi connectivity index (χ0) is 15.2. The highest BCUT2D eigenvalue weighted by Gasteiger charge is 2.08. The van der Waals surface area contributed by atoms with Crippen LogP contribution >= 0.6 is 11.6 Å². The van der Waals surface area contributed by atoms with Gasteiger partial charge in [0, 0.05) is 0 Å². The van der Waals surface area contributed by atoms with E-state index in [9.17, 15) is 9.18 Å². The Morgan fingerprint density at radius 2 is 2.05 bits per heavy atom. The maximum atomic E-state index is 12.9. The molecule has 0 aliphatic rings. The molecule has 1 N–H and O–H groups in total. The molecule has 3 nitrogen and oxygen atoms in total. The Balaban J connectivity index is 1.96. The van der Waals surface area contributed by atoms with Crippen molar-refractivity contribution < 1.29 is 13.9 Å². The lowest BCUT2D eigenvalue weighted by atomic mass is 10.1. The quantitative estimate of drug-likeness (QED) is 0.904. The predicted molar refractivity (Wildman–Crippen MR) is 81.4 cm³/mol. The number of para-hydroxylation sites is 1. The lowest BCUT2D eigenvalue weighted by Crippen LogP contribution is -2.20. The van der Waals surface area contributed by atoms with Gasteiger partial charge < -0.3 is 10.1 Å². The van der Waals surface area contributed by atoms with Gasteiger partial charge in [-0.3, -0.25) is 4.79 Å². The van der Waals surface area contributed by atoms with E-state index in [1.807, 2.05) is 31.2 Å². The summed E-state index contributed by atoms with van der Waals surface area (Å²) in [6, 6.07) is 11.3. The molecule has 0 aromatic heterocycles. The number of carbonyl (C=O) groups is 1. The Kier molecular flexibility index (Phi) is 5.17. The molecular formula is C16H15ClFNO2. The number of hydrogen-bond acceptors (Lipinski definition) is 2. The average Bonchev–Trinajstić information content (AvgIpc) is 2.48. The highest BCUT2D eigenvalue weighted by Crippen LogP contribution is 2.22. The van der Waals surface area contributed by atoms with Gasteiger partial charge in [-0.25, -0.2) is 4.39 Å². The van der Waals surface area contributed by atoms with E-state index in [2.05, 4.69) is 5.32 Å². The molecule has 0 atom stereocenters. The highest BCUT2D eigenvalue weighted by molar-refractivity contribution is 6.33. The van der Waals surface area contributed by atoms with Crippen LogP contribution in [0.15, 0.2) is 42.5 Å². The normalized spacial score (nSPS) is 10.2. The second-order valence-corrected chi connectivity index (χ2v) is 4.83. The van der Waals surface area contributed by atoms with Crippen molar-refractivity contribution in [3.05, 3.63) is 58.9 Å². The molecule has 0 heterocycles.